The quantitative estimate of drug-likeness (QED) is 0.819. The van der Waals surface area contributed by atoms with Gasteiger partial charge < -0.3 is 10.1 Å². The fourth-order valence-corrected chi connectivity index (χ4v) is 2.91. The zero-order chi connectivity index (χ0) is 14.8. The lowest BCUT2D eigenvalue weighted by Crippen LogP contribution is -2.30. The number of benzene rings is 1. The van der Waals surface area contributed by atoms with E-state index in [0.29, 0.717) is 11.5 Å². The average molecular weight is 275 g/mol. The highest BCUT2D eigenvalue weighted by molar-refractivity contribution is 5.54. The van der Waals surface area contributed by atoms with Crippen molar-refractivity contribution in [3.63, 3.8) is 0 Å². The van der Waals surface area contributed by atoms with Crippen LogP contribution in [0.25, 0.3) is 0 Å². The Hall–Kier alpha value is -1.18. The van der Waals surface area contributed by atoms with Crippen LogP contribution in [0, 0.1) is 12.3 Å². The Balaban J connectivity index is 1.96. The van der Waals surface area contributed by atoms with Crippen molar-refractivity contribution in [2.24, 2.45) is 5.41 Å². The van der Waals surface area contributed by atoms with Crippen molar-refractivity contribution >= 4 is 5.69 Å². The maximum absolute atomic E-state index is 5.74. The van der Waals surface area contributed by atoms with E-state index in [1.165, 1.54) is 36.9 Å². The molecule has 1 aliphatic carbocycles. The summed E-state index contributed by atoms with van der Waals surface area (Å²) < 4.78 is 5.74. The van der Waals surface area contributed by atoms with E-state index in [2.05, 4.69) is 58.1 Å². The molecule has 0 amide bonds. The largest absolute Gasteiger partial charge is 0.491 e. The van der Waals surface area contributed by atoms with E-state index in [0.717, 1.165) is 5.75 Å². The monoisotopic (exact) mass is 275 g/mol. The lowest BCUT2D eigenvalue weighted by Gasteiger charge is -2.35. The van der Waals surface area contributed by atoms with Crippen LogP contribution in [0.15, 0.2) is 18.2 Å². The molecule has 0 spiro atoms. The molecule has 1 N–H and O–H groups in total. The molecule has 2 nitrogen and oxygen atoms in total. The molecule has 2 heteroatoms. The molecule has 1 saturated carbocycles. The van der Waals surface area contributed by atoms with Gasteiger partial charge in [-0.25, -0.2) is 0 Å². The molecule has 0 heterocycles. The third kappa shape index (κ3) is 4.16. The van der Waals surface area contributed by atoms with Gasteiger partial charge in [-0.05, 0) is 75.6 Å². The minimum absolute atomic E-state index is 0.230. The third-order valence-electron chi connectivity index (χ3n) is 4.27. The SMILES string of the molecule is Cc1cc(OC(C)C)ccc1NC1CCC(C)(C)CC1. The highest BCUT2D eigenvalue weighted by Crippen LogP contribution is 2.36. The second kappa shape index (κ2) is 6.07. The number of hydrogen-bond donors (Lipinski definition) is 1. The Morgan fingerprint density at radius 2 is 1.85 bits per heavy atom. The lowest BCUT2D eigenvalue weighted by molar-refractivity contribution is 0.232. The van der Waals surface area contributed by atoms with E-state index in [1.807, 2.05) is 0 Å². The summed E-state index contributed by atoms with van der Waals surface area (Å²) in [5.41, 5.74) is 3.06. The second-order valence-electron chi connectivity index (χ2n) is 7.23. The van der Waals surface area contributed by atoms with Crippen LogP contribution >= 0.6 is 0 Å². The molecule has 1 fully saturated rings. The number of aryl methyl sites for hydroxylation is 1. The van der Waals surface area contributed by atoms with Crippen LogP contribution in [0.4, 0.5) is 5.69 Å². The first-order valence-corrected chi connectivity index (χ1v) is 7.89. The van der Waals surface area contributed by atoms with Crippen molar-refractivity contribution in [1.82, 2.24) is 0 Å². The van der Waals surface area contributed by atoms with Crippen molar-refractivity contribution in [3.05, 3.63) is 23.8 Å². The van der Waals surface area contributed by atoms with E-state index in [9.17, 15) is 0 Å². The van der Waals surface area contributed by atoms with E-state index in [4.69, 9.17) is 4.74 Å². The third-order valence-corrected chi connectivity index (χ3v) is 4.27. The highest BCUT2D eigenvalue weighted by Gasteiger charge is 2.26. The zero-order valence-electron chi connectivity index (χ0n) is 13.6. The summed E-state index contributed by atoms with van der Waals surface area (Å²) in [7, 11) is 0. The Labute approximate surface area is 123 Å². The highest BCUT2D eigenvalue weighted by atomic mass is 16.5. The van der Waals surface area contributed by atoms with Crippen LogP contribution in [0.3, 0.4) is 0 Å². The summed E-state index contributed by atoms with van der Waals surface area (Å²) in [6, 6.07) is 6.99. The fraction of sp³-hybridized carbons (Fsp3) is 0.667. The molecule has 0 radical (unpaired) electrons. The van der Waals surface area contributed by atoms with Crippen LogP contribution in [-0.4, -0.2) is 12.1 Å². The van der Waals surface area contributed by atoms with Crippen molar-refractivity contribution in [2.75, 3.05) is 5.32 Å². The van der Waals surface area contributed by atoms with Gasteiger partial charge in [0.15, 0.2) is 0 Å². The van der Waals surface area contributed by atoms with Gasteiger partial charge in [-0.2, -0.15) is 0 Å². The summed E-state index contributed by atoms with van der Waals surface area (Å²) in [6.07, 6.45) is 5.41. The second-order valence-corrected chi connectivity index (χ2v) is 7.23. The molecule has 20 heavy (non-hydrogen) atoms. The van der Waals surface area contributed by atoms with Gasteiger partial charge in [-0.3, -0.25) is 0 Å². The lowest BCUT2D eigenvalue weighted by atomic mass is 9.75. The van der Waals surface area contributed by atoms with E-state index >= 15 is 0 Å². The van der Waals surface area contributed by atoms with Crippen LogP contribution in [-0.2, 0) is 0 Å². The summed E-state index contributed by atoms with van der Waals surface area (Å²) in [4.78, 5) is 0. The Morgan fingerprint density at radius 3 is 2.40 bits per heavy atom. The normalized spacial score (nSPS) is 19.1. The van der Waals surface area contributed by atoms with Gasteiger partial charge in [-0.15, -0.1) is 0 Å². The van der Waals surface area contributed by atoms with Gasteiger partial charge in [0.2, 0.25) is 0 Å². The van der Waals surface area contributed by atoms with Gasteiger partial charge in [0.25, 0.3) is 0 Å². The maximum atomic E-state index is 5.74. The molecule has 0 bridgehead atoms. The summed E-state index contributed by atoms with van der Waals surface area (Å²) in [6.45, 7) is 11.0. The molecular formula is C18H29NO. The van der Waals surface area contributed by atoms with Crippen LogP contribution in [0.2, 0.25) is 0 Å². The Kier molecular flexibility index (Phi) is 4.62. The van der Waals surface area contributed by atoms with E-state index < -0.39 is 0 Å². The van der Waals surface area contributed by atoms with Gasteiger partial charge in [0.05, 0.1) is 6.10 Å². The van der Waals surface area contributed by atoms with Gasteiger partial charge in [0.1, 0.15) is 5.75 Å². The predicted octanol–water partition coefficient (Wildman–Crippen LogP) is 5.16. The summed E-state index contributed by atoms with van der Waals surface area (Å²) in [5, 5.41) is 3.71. The van der Waals surface area contributed by atoms with Crippen molar-refractivity contribution < 1.29 is 4.74 Å². The Bertz CT molecular complexity index is 441. The fourth-order valence-electron chi connectivity index (χ4n) is 2.91. The minimum atomic E-state index is 0.230. The molecule has 0 aromatic heterocycles. The van der Waals surface area contributed by atoms with Crippen LogP contribution < -0.4 is 10.1 Å². The van der Waals surface area contributed by atoms with Crippen molar-refractivity contribution in [2.45, 2.75) is 72.4 Å². The van der Waals surface area contributed by atoms with Crippen LogP contribution in [0.1, 0.15) is 58.9 Å². The molecule has 0 saturated heterocycles. The van der Waals surface area contributed by atoms with Gasteiger partial charge >= 0.3 is 0 Å². The number of ether oxygens (including phenoxy) is 1. The van der Waals surface area contributed by atoms with Crippen LogP contribution in [0.5, 0.6) is 5.75 Å². The minimum Gasteiger partial charge on any atom is -0.491 e. The van der Waals surface area contributed by atoms with Crippen molar-refractivity contribution in [1.29, 1.82) is 0 Å². The molecule has 1 aliphatic rings. The standard InChI is InChI=1S/C18H29NO/c1-13(2)20-16-6-7-17(14(3)12-16)19-15-8-10-18(4,5)11-9-15/h6-7,12-13,15,19H,8-11H2,1-5H3. The number of anilines is 1. The van der Waals surface area contributed by atoms with Gasteiger partial charge in [-0.1, -0.05) is 13.8 Å². The number of rotatable bonds is 4. The number of hydrogen-bond acceptors (Lipinski definition) is 2. The topological polar surface area (TPSA) is 21.3 Å². The molecule has 1 aromatic rings. The smallest absolute Gasteiger partial charge is 0.120 e. The first-order valence-electron chi connectivity index (χ1n) is 7.89. The predicted molar refractivity (Wildman–Crippen MR) is 86.6 cm³/mol. The molecule has 0 atom stereocenters. The molecule has 2 rings (SSSR count). The molecule has 0 unspecified atom stereocenters. The van der Waals surface area contributed by atoms with Crippen molar-refractivity contribution in [3.8, 4) is 5.75 Å². The molecular weight excluding hydrogens is 246 g/mol. The molecule has 1 aromatic carbocycles. The van der Waals surface area contributed by atoms with E-state index in [1.54, 1.807) is 0 Å². The zero-order valence-corrected chi connectivity index (χ0v) is 13.6. The molecule has 0 aliphatic heterocycles. The summed E-state index contributed by atoms with van der Waals surface area (Å²) in [5.74, 6) is 0.966. The first kappa shape index (κ1) is 15.2. The first-order chi connectivity index (χ1) is 9.35. The Morgan fingerprint density at radius 1 is 1.20 bits per heavy atom. The maximum Gasteiger partial charge on any atom is 0.120 e. The van der Waals surface area contributed by atoms with Gasteiger partial charge in [0, 0.05) is 11.7 Å². The molecule has 112 valence electrons. The summed E-state index contributed by atoms with van der Waals surface area (Å²) >= 11 is 0. The number of nitrogens with one attached hydrogen (secondary N) is 1. The average Bonchev–Trinajstić information content (AvgIpc) is 2.34. The van der Waals surface area contributed by atoms with E-state index in [-0.39, 0.29) is 6.10 Å².